The molecule has 7 atom stereocenters. The molecule has 12 heteroatoms. The first-order valence-corrected chi connectivity index (χ1v) is 13.3. The number of benzene rings is 1. The molecule has 1 saturated heterocycles. The number of aliphatic hydroxyl groups is 1. The summed E-state index contributed by atoms with van der Waals surface area (Å²) in [6, 6.07) is 2.11. The predicted molar refractivity (Wildman–Crippen MR) is 137 cm³/mol. The highest BCUT2D eigenvalue weighted by molar-refractivity contribution is 5.88. The molecule has 1 amide bonds. The van der Waals surface area contributed by atoms with Gasteiger partial charge in [-0.3, -0.25) is 9.59 Å². The first-order chi connectivity index (χ1) is 18.8. The van der Waals surface area contributed by atoms with Crippen LogP contribution in [0.15, 0.2) is 24.0 Å². The van der Waals surface area contributed by atoms with Crippen molar-refractivity contribution in [1.82, 2.24) is 10.2 Å². The quantitative estimate of drug-likeness (QED) is 0.318. The van der Waals surface area contributed by atoms with E-state index in [0.717, 1.165) is 18.1 Å². The van der Waals surface area contributed by atoms with Gasteiger partial charge >= 0.3 is 17.9 Å². The van der Waals surface area contributed by atoms with Gasteiger partial charge in [0, 0.05) is 24.9 Å². The van der Waals surface area contributed by atoms with Gasteiger partial charge in [0.2, 0.25) is 0 Å². The molecular weight excluding hydrogens is 524 g/mol. The van der Waals surface area contributed by atoms with Crippen molar-refractivity contribution >= 4 is 23.8 Å². The largest absolute Gasteiger partial charge is 0.504 e. The van der Waals surface area contributed by atoms with Crippen molar-refractivity contribution < 1.29 is 48.3 Å². The summed E-state index contributed by atoms with van der Waals surface area (Å²) in [7, 11) is 1.97. The number of hydrogen-bond acceptors (Lipinski definition) is 11. The first-order valence-electron chi connectivity index (χ1n) is 13.3. The summed E-state index contributed by atoms with van der Waals surface area (Å²) in [6.45, 7) is 5.91. The number of rotatable bonds is 7. The minimum Gasteiger partial charge on any atom is -0.504 e. The number of likely N-dealkylation sites (N-methyl/N-ethyl adjacent to an activating group) is 1. The van der Waals surface area contributed by atoms with E-state index < -0.39 is 59.2 Å². The lowest BCUT2D eigenvalue weighted by molar-refractivity contribution is -0.176. The smallest absolute Gasteiger partial charge is 0.352 e. The minimum absolute atomic E-state index is 0.0470. The van der Waals surface area contributed by atoms with E-state index in [2.05, 4.69) is 10.2 Å². The molecule has 2 bridgehead atoms. The molecule has 2 heterocycles. The molecule has 0 aromatic heterocycles. The number of phenolic OH excluding ortho intramolecular Hbond substituents is 1. The van der Waals surface area contributed by atoms with Gasteiger partial charge in [-0.25, -0.2) is 9.59 Å². The van der Waals surface area contributed by atoms with Crippen LogP contribution in [0.5, 0.6) is 11.5 Å². The van der Waals surface area contributed by atoms with Gasteiger partial charge in [-0.05, 0) is 64.9 Å². The summed E-state index contributed by atoms with van der Waals surface area (Å²) in [5.74, 6) is -2.66. The second-order valence-corrected chi connectivity index (χ2v) is 11.1. The summed E-state index contributed by atoms with van der Waals surface area (Å²) in [6.07, 6.45) is -0.351. The molecule has 1 fully saturated rings. The van der Waals surface area contributed by atoms with Crippen LogP contribution < -0.4 is 10.1 Å². The van der Waals surface area contributed by atoms with Crippen molar-refractivity contribution in [3.05, 3.63) is 35.1 Å². The fourth-order valence-electron chi connectivity index (χ4n) is 6.65. The van der Waals surface area contributed by atoms with E-state index >= 15 is 0 Å². The van der Waals surface area contributed by atoms with Gasteiger partial charge in [0.25, 0.3) is 5.91 Å². The third-order valence-electron chi connectivity index (χ3n) is 8.62. The third kappa shape index (κ3) is 4.12. The van der Waals surface area contributed by atoms with Crippen LogP contribution in [0, 0.1) is 0 Å². The lowest BCUT2D eigenvalue weighted by Gasteiger charge is -2.61. The maximum Gasteiger partial charge on any atom is 0.352 e. The Hall–Kier alpha value is -3.64. The summed E-state index contributed by atoms with van der Waals surface area (Å²) >= 11 is 0. The molecule has 3 N–H and O–H groups in total. The van der Waals surface area contributed by atoms with Crippen molar-refractivity contribution in [2.24, 2.45) is 0 Å². The molecule has 0 saturated carbocycles. The number of phenols is 1. The molecule has 0 unspecified atom stereocenters. The standard InChI is InChI=1S/C28H34N2O10/c1-13(29-24(33)14(2)37-16(4)31)25(34)38-15(3)26(35)39-19-8-9-28(36)20-12-17-6-7-18(32)22-21(17)27(28,23(19)40-22)10-11-30(20)5/h6-8,13-15,20,23,32,36H,9-12H2,1-5H3,(H,29,33)/t13-,14-,15-,20-,23-,27-,28+/m0/s1. The Morgan fingerprint density at radius 2 is 1.85 bits per heavy atom. The van der Waals surface area contributed by atoms with Crippen LogP contribution in [0.25, 0.3) is 0 Å². The number of carbonyl (C=O) groups excluding carboxylic acids is 4. The van der Waals surface area contributed by atoms with Crippen LogP contribution in [-0.4, -0.2) is 88.5 Å². The molecule has 0 radical (unpaired) electrons. The zero-order valence-corrected chi connectivity index (χ0v) is 23.1. The Labute approximate surface area is 231 Å². The number of likely N-dealkylation sites (tertiary alicyclic amines) is 1. The molecule has 2 aliphatic carbocycles. The molecule has 1 spiro atoms. The topological polar surface area (TPSA) is 161 Å². The Bertz CT molecular complexity index is 1310. The Morgan fingerprint density at radius 1 is 1.12 bits per heavy atom. The molecular formula is C28H34N2O10. The molecule has 4 aliphatic rings. The Morgan fingerprint density at radius 3 is 2.55 bits per heavy atom. The average molecular weight is 559 g/mol. The highest BCUT2D eigenvalue weighted by Crippen LogP contribution is 2.65. The lowest BCUT2D eigenvalue weighted by Crippen LogP contribution is -2.74. The highest BCUT2D eigenvalue weighted by Gasteiger charge is 2.72. The predicted octanol–water partition coefficient (Wildman–Crippen LogP) is 0.601. The molecule has 12 nitrogen and oxygen atoms in total. The summed E-state index contributed by atoms with van der Waals surface area (Å²) in [4.78, 5) is 50.9. The molecule has 216 valence electrons. The van der Waals surface area contributed by atoms with Crippen LogP contribution in [0.4, 0.5) is 0 Å². The Kier molecular flexibility index (Phi) is 6.82. The number of nitrogens with zero attached hydrogens (tertiary/aromatic N) is 1. The van der Waals surface area contributed by atoms with Crippen LogP contribution in [0.2, 0.25) is 0 Å². The van der Waals surface area contributed by atoms with E-state index in [-0.39, 0.29) is 24.0 Å². The van der Waals surface area contributed by atoms with E-state index in [4.69, 9.17) is 18.9 Å². The van der Waals surface area contributed by atoms with Gasteiger partial charge in [-0.15, -0.1) is 0 Å². The van der Waals surface area contributed by atoms with Crippen molar-refractivity contribution in [1.29, 1.82) is 0 Å². The fourth-order valence-corrected chi connectivity index (χ4v) is 6.65. The molecule has 40 heavy (non-hydrogen) atoms. The van der Waals surface area contributed by atoms with Crippen molar-refractivity contribution in [2.75, 3.05) is 13.6 Å². The Balaban J connectivity index is 1.31. The highest BCUT2D eigenvalue weighted by atomic mass is 16.6. The average Bonchev–Trinajstić information content (AvgIpc) is 3.24. The number of amides is 1. The molecule has 5 rings (SSSR count). The zero-order chi connectivity index (χ0) is 29.1. The fraction of sp³-hybridized carbons (Fsp3) is 0.571. The van der Waals surface area contributed by atoms with Gasteiger partial charge in [0.1, 0.15) is 11.8 Å². The van der Waals surface area contributed by atoms with Crippen LogP contribution >= 0.6 is 0 Å². The monoisotopic (exact) mass is 558 g/mol. The maximum absolute atomic E-state index is 13.1. The number of ether oxygens (including phenoxy) is 4. The van der Waals surface area contributed by atoms with Crippen LogP contribution in [-0.2, 0) is 45.2 Å². The van der Waals surface area contributed by atoms with Crippen LogP contribution in [0.3, 0.4) is 0 Å². The number of piperidine rings is 1. The SMILES string of the molecule is CC(=O)O[C@@H](C)C(=O)N[C@@H](C)C(=O)O[C@@H](C)C(=O)OC1=CC[C@@]2(O)[C@@H]3Cc4ccc(O)c5c4[C@@]2(CCN3C)[C@H]1O5. The minimum atomic E-state index is -1.33. The number of esters is 3. The number of hydrogen-bond donors (Lipinski definition) is 3. The molecule has 1 aromatic carbocycles. The van der Waals surface area contributed by atoms with Crippen LogP contribution in [0.1, 0.15) is 51.7 Å². The second kappa shape index (κ2) is 9.77. The van der Waals surface area contributed by atoms with Gasteiger partial charge in [-0.1, -0.05) is 6.07 Å². The van der Waals surface area contributed by atoms with E-state index in [9.17, 15) is 29.4 Å². The molecule has 2 aliphatic heterocycles. The van der Waals surface area contributed by atoms with Gasteiger partial charge in [0.15, 0.2) is 29.8 Å². The number of carbonyl (C=O) groups is 4. The van der Waals surface area contributed by atoms with Crippen molar-refractivity contribution in [2.45, 2.75) is 88.4 Å². The maximum atomic E-state index is 13.1. The van der Waals surface area contributed by atoms with Gasteiger partial charge < -0.3 is 39.4 Å². The van der Waals surface area contributed by atoms with Crippen molar-refractivity contribution in [3.63, 3.8) is 0 Å². The van der Waals surface area contributed by atoms with E-state index in [1.807, 2.05) is 13.1 Å². The number of nitrogens with one attached hydrogen (secondary N) is 1. The second-order valence-electron chi connectivity index (χ2n) is 11.1. The molecule has 1 aromatic rings. The lowest BCUT2D eigenvalue weighted by atomic mass is 9.50. The number of aromatic hydroxyl groups is 1. The van der Waals surface area contributed by atoms with Gasteiger partial charge in [-0.2, -0.15) is 0 Å². The van der Waals surface area contributed by atoms with E-state index in [1.165, 1.54) is 20.8 Å². The summed E-state index contributed by atoms with van der Waals surface area (Å²) < 4.78 is 22.0. The summed E-state index contributed by atoms with van der Waals surface area (Å²) in [5.41, 5.74) is -0.391. The zero-order valence-electron chi connectivity index (χ0n) is 23.1. The first kappa shape index (κ1) is 27.9. The van der Waals surface area contributed by atoms with Crippen molar-refractivity contribution in [3.8, 4) is 11.5 Å². The normalized spacial score (nSPS) is 30.0. The third-order valence-corrected chi connectivity index (χ3v) is 8.62. The summed E-state index contributed by atoms with van der Waals surface area (Å²) in [5, 5.41) is 25.2. The van der Waals surface area contributed by atoms with E-state index in [1.54, 1.807) is 12.1 Å². The van der Waals surface area contributed by atoms with E-state index in [0.29, 0.717) is 25.1 Å². The van der Waals surface area contributed by atoms with Gasteiger partial charge in [0.05, 0.1) is 11.0 Å².